The number of hydrogen-bond acceptors (Lipinski definition) is 4. The monoisotopic (exact) mass is 480 g/mol. The number of rotatable bonds is 4. The Bertz CT molecular complexity index is 1460. The van der Waals surface area contributed by atoms with E-state index in [9.17, 15) is 13.2 Å². The van der Waals surface area contributed by atoms with Gasteiger partial charge < -0.3 is 10.3 Å². The van der Waals surface area contributed by atoms with Crippen LogP contribution in [0, 0.1) is 0 Å². The number of fused-ring (bicyclic) bond motifs is 2. The Morgan fingerprint density at radius 1 is 1.12 bits per heavy atom. The van der Waals surface area contributed by atoms with Crippen LogP contribution in [-0.2, 0) is 16.4 Å². The number of benzene rings is 3. The molecule has 2 heterocycles. The first kappa shape index (κ1) is 21.5. The number of carbonyl (C=O) groups is 1. The summed E-state index contributed by atoms with van der Waals surface area (Å²) in [6.07, 6.45) is 2.63. The number of carbonyl (C=O) groups excluding carboxylic acids is 1. The van der Waals surface area contributed by atoms with Crippen LogP contribution in [0.1, 0.15) is 22.3 Å². The fourth-order valence-corrected chi connectivity index (χ4v) is 5.32. The van der Waals surface area contributed by atoms with Gasteiger partial charge in [-0.2, -0.15) is 0 Å². The number of imidazole rings is 1. The maximum absolute atomic E-state index is 13.0. The van der Waals surface area contributed by atoms with Crippen LogP contribution in [0.2, 0.25) is 5.02 Å². The van der Waals surface area contributed by atoms with Crippen molar-refractivity contribution in [1.82, 2.24) is 9.97 Å². The molecule has 0 fully saturated rings. The van der Waals surface area contributed by atoms with Crippen LogP contribution in [0.5, 0.6) is 0 Å². The Labute approximate surface area is 196 Å². The van der Waals surface area contributed by atoms with Gasteiger partial charge in [0.25, 0.3) is 5.91 Å². The molecular weight excluding hydrogens is 460 g/mol. The normalized spacial score (nSPS) is 13.7. The first-order valence-electron chi connectivity index (χ1n) is 10.5. The second-order valence-corrected chi connectivity index (χ2v) is 10.3. The van der Waals surface area contributed by atoms with Crippen LogP contribution in [0.25, 0.3) is 22.4 Å². The van der Waals surface area contributed by atoms with Gasteiger partial charge in [-0.3, -0.25) is 9.10 Å². The second kappa shape index (κ2) is 8.20. The molecule has 0 saturated heterocycles. The predicted octanol–water partition coefficient (Wildman–Crippen LogP) is 4.85. The summed E-state index contributed by atoms with van der Waals surface area (Å²) >= 11 is 6.42. The number of H-pyrrole nitrogens is 1. The highest BCUT2D eigenvalue weighted by atomic mass is 35.5. The highest BCUT2D eigenvalue weighted by Crippen LogP contribution is 2.32. The summed E-state index contributed by atoms with van der Waals surface area (Å²) in [6, 6.07) is 18.0. The molecule has 1 aromatic heterocycles. The van der Waals surface area contributed by atoms with Gasteiger partial charge in [-0.25, -0.2) is 13.4 Å². The molecule has 1 aliphatic rings. The summed E-state index contributed by atoms with van der Waals surface area (Å²) in [6.45, 7) is 0.451. The van der Waals surface area contributed by atoms with Crippen LogP contribution in [0.4, 0.5) is 11.4 Å². The third-order valence-electron chi connectivity index (χ3n) is 5.69. The summed E-state index contributed by atoms with van der Waals surface area (Å²) in [4.78, 5) is 20.8. The predicted molar refractivity (Wildman–Crippen MR) is 131 cm³/mol. The number of amides is 1. The van der Waals surface area contributed by atoms with Crippen LogP contribution in [0.15, 0.2) is 60.7 Å². The van der Waals surface area contributed by atoms with Crippen molar-refractivity contribution in [3.63, 3.8) is 0 Å². The van der Waals surface area contributed by atoms with Crippen molar-refractivity contribution < 1.29 is 13.2 Å². The zero-order valence-corrected chi connectivity index (χ0v) is 19.4. The maximum Gasteiger partial charge on any atom is 0.255 e. The van der Waals surface area contributed by atoms with Gasteiger partial charge in [0, 0.05) is 23.4 Å². The molecular formula is C24H21ClN4O3S. The van der Waals surface area contributed by atoms with Crippen molar-refractivity contribution in [2.45, 2.75) is 12.8 Å². The third-order valence-corrected chi connectivity index (χ3v) is 7.20. The number of nitrogens with one attached hydrogen (secondary N) is 2. The average Bonchev–Trinajstić information content (AvgIpc) is 3.23. The van der Waals surface area contributed by atoms with E-state index in [4.69, 9.17) is 11.6 Å². The number of halogens is 1. The number of nitrogens with zero attached hydrogens (tertiary/aromatic N) is 2. The fraction of sp³-hybridized carbons (Fsp3) is 0.167. The SMILES string of the molecule is CS(=O)(=O)N1CCCc2cc(C(=O)Nc3ccc(Cl)c(-c4nc5ccccc5[nH]4)c3)ccc21. The fourth-order valence-electron chi connectivity index (χ4n) is 4.12. The number of hydrogen-bond donors (Lipinski definition) is 2. The summed E-state index contributed by atoms with van der Waals surface area (Å²) in [7, 11) is -3.35. The molecule has 0 aliphatic carbocycles. The minimum Gasteiger partial charge on any atom is -0.338 e. The molecule has 0 spiro atoms. The quantitative estimate of drug-likeness (QED) is 0.436. The molecule has 3 aromatic carbocycles. The smallest absolute Gasteiger partial charge is 0.255 e. The number of aryl methyl sites for hydroxylation is 1. The zero-order chi connectivity index (χ0) is 23.2. The number of para-hydroxylation sites is 2. The maximum atomic E-state index is 13.0. The van der Waals surface area contributed by atoms with Gasteiger partial charge in [-0.15, -0.1) is 0 Å². The lowest BCUT2D eigenvalue weighted by molar-refractivity contribution is 0.102. The first-order chi connectivity index (χ1) is 15.8. The van der Waals surface area contributed by atoms with Gasteiger partial charge in [-0.05, 0) is 66.9 Å². The van der Waals surface area contributed by atoms with E-state index in [1.165, 1.54) is 10.6 Å². The Balaban J connectivity index is 1.42. The molecule has 9 heteroatoms. The Morgan fingerprint density at radius 2 is 1.94 bits per heavy atom. The van der Waals surface area contributed by atoms with E-state index < -0.39 is 10.0 Å². The molecule has 7 nitrogen and oxygen atoms in total. The molecule has 168 valence electrons. The molecule has 5 rings (SSSR count). The summed E-state index contributed by atoms with van der Waals surface area (Å²) in [5, 5.41) is 3.42. The number of aromatic amines is 1. The Kier molecular flexibility index (Phi) is 5.34. The lowest BCUT2D eigenvalue weighted by Crippen LogP contribution is -2.34. The van der Waals surface area contributed by atoms with Crippen LogP contribution < -0.4 is 9.62 Å². The van der Waals surface area contributed by atoms with E-state index in [1.54, 1.807) is 36.4 Å². The van der Waals surface area contributed by atoms with E-state index in [2.05, 4.69) is 15.3 Å². The van der Waals surface area contributed by atoms with Crippen molar-refractivity contribution in [3.05, 3.63) is 76.8 Å². The molecule has 0 saturated carbocycles. The molecule has 1 amide bonds. The summed E-state index contributed by atoms with van der Waals surface area (Å²) in [5.41, 5.74) is 4.93. The highest BCUT2D eigenvalue weighted by Gasteiger charge is 2.24. The van der Waals surface area contributed by atoms with Crippen molar-refractivity contribution >= 4 is 49.9 Å². The van der Waals surface area contributed by atoms with Gasteiger partial charge >= 0.3 is 0 Å². The molecule has 0 atom stereocenters. The van der Waals surface area contributed by atoms with Crippen molar-refractivity contribution in [2.75, 3.05) is 22.4 Å². The molecule has 0 unspecified atom stereocenters. The Morgan fingerprint density at radius 3 is 2.73 bits per heavy atom. The number of sulfonamides is 1. The highest BCUT2D eigenvalue weighted by molar-refractivity contribution is 7.92. The van der Waals surface area contributed by atoms with Gasteiger partial charge in [0.1, 0.15) is 5.82 Å². The molecule has 0 bridgehead atoms. The van der Waals surface area contributed by atoms with E-state index in [1.807, 2.05) is 24.3 Å². The average molecular weight is 481 g/mol. The summed E-state index contributed by atoms with van der Waals surface area (Å²) < 4.78 is 25.5. The molecule has 4 aromatic rings. The molecule has 0 radical (unpaired) electrons. The van der Waals surface area contributed by atoms with Gasteiger partial charge in [0.2, 0.25) is 10.0 Å². The van der Waals surface area contributed by atoms with Crippen molar-refractivity contribution in [3.8, 4) is 11.4 Å². The lowest BCUT2D eigenvalue weighted by atomic mass is 10.0. The Hall–Kier alpha value is -3.36. The molecule has 33 heavy (non-hydrogen) atoms. The van der Waals surface area contributed by atoms with Crippen LogP contribution in [0.3, 0.4) is 0 Å². The summed E-state index contributed by atoms with van der Waals surface area (Å²) in [5.74, 6) is 0.333. The van der Waals surface area contributed by atoms with Crippen molar-refractivity contribution in [1.29, 1.82) is 0 Å². The minimum atomic E-state index is -3.35. The number of aromatic nitrogens is 2. The molecule has 1 aliphatic heterocycles. The minimum absolute atomic E-state index is 0.285. The number of anilines is 2. The molecule has 2 N–H and O–H groups in total. The van der Waals surface area contributed by atoms with Gasteiger partial charge in [-0.1, -0.05) is 23.7 Å². The van der Waals surface area contributed by atoms with E-state index in [0.29, 0.717) is 46.3 Å². The topological polar surface area (TPSA) is 95.2 Å². The van der Waals surface area contributed by atoms with E-state index >= 15 is 0 Å². The van der Waals surface area contributed by atoms with E-state index in [-0.39, 0.29) is 5.91 Å². The van der Waals surface area contributed by atoms with Crippen LogP contribution in [-0.4, -0.2) is 37.1 Å². The zero-order valence-electron chi connectivity index (χ0n) is 17.8. The largest absolute Gasteiger partial charge is 0.338 e. The van der Waals surface area contributed by atoms with Gasteiger partial charge in [0.05, 0.1) is 28.0 Å². The standard InChI is InChI=1S/C24H21ClN4O3S/c1-33(31,32)29-12-4-5-15-13-16(8-11-22(15)29)24(30)26-17-9-10-19(25)18(14-17)23-27-20-6-2-3-7-21(20)28-23/h2-3,6-11,13-14H,4-5,12H2,1H3,(H,26,30)(H,27,28). The lowest BCUT2D eigenvalue weighted by Gasteiger charge is -2.29. The van der Waals surface area contributed by atoms with Crippen molar-refractivity contribution in [2.24, 2.45) is 0 Å². The second-order valence-electron chi connectivity index (χ2n) is 8.03. The van der Waals surface area contributed by atoms with E-state index in [0.717, 1.165) is 23.0 Å². The van der Waals surface area contributed by atoms with Gasteiger partial charge in [0.15, 0.2) is 0 Å². The third kappa shape index (κ3) is 4.19. The first-order valence-corrected chi connectivity index (χ1v) is 12.7. The van der Waals surface area contributed by atoms with Crippen LogP contribution >= 0.6 is 11.6 Å².